The van der Waals surface area contributed by atoms with Crippen LogP contribution < -0.4 is 15.4 Å². The van der Waals surface area contributed by atoms with Crippen molar-refractivity contribution < 1.29 is 9.84 Å². The number of rotatable bonds is 6. The van der Waals surface area contributed by atoms with Crippen molar-refractivity contribution in [1.29, 1.82) is 0 Å². The predicted octanol–water partition coefficient (Wildman–Crippen LogP) is 6.36. The lowest BCUT2D eigenvalue weighted by Crippen LogP contribution is -2.14. The second-order valence-corrected chi connectivity index (χ2v) is 9.50. The molecule has 3 N–H and O–H groups in total. The summed E-state index contributed by atoms with van der Waals surface area (Å²) in [5.74, 6) is 2.12. The minimum atomic E-state index is -0.799. The van der Waals surface area contributed by atoms with E-state index in [1.165, 1.54) is 6.08 Å². The van der Waals surface area contributed by atoms with E-state index >= 15 is 0 Å². The quantitative estimate of drug-likeness (QED) is 0.187. The Kier molecular flexibility index (Phi) is 5.59. The first-order valence-electron chi connectivity index (χ1n) is 11.5. The van der Waals surface area contributed by atoms with Crippen molar-refractivity contribution in [2.45, 2.75) is 19.7 Å². The number of aliphatic hydroxyl groups excluding tert-OH is 1. The van der Waals surface area contributed by atoms with Gasteiger partial charge in [-0.1, -0.05) is 30.8 Å². The van der Waals surface area contributed by atoms with E-state index in [1.54, 1.807) is 17.7 Å². The number of nitrogens with zero attached hydrogens (tertiary/aromatic N) is 3. The Hall–Kier alpha value is -4.27. The van der Waals surface area contributed by atoms with Crippen LogP contribution in [0.2, 0.25) is 0 Å². The van der Waals surface area contributed by atoms with Crippen molar-refractivity contribution in [3.63, 3.8) is 0 Å². The van der Waals surface area contributed by atoms with Gasteiger partial charge in [-0.2, -0.15) is 0 Å². The normalized spacial score (nSPS) is 12.8. The SMILES string of the molecule is C=CC(O)Nc1ccc(-c2sc3ncnc4c3c2-c2ccc(Oc3cccc(C)n3)cc2CN4)cc1. The van der Waals surface area contributed by atoms with Gasteiger partial charge in [0.1, 0.15) is 29.0 Å². The molecular weight excluding hydrogens is 470 g/mol. The third-order valence-corrected chi connectivity index (χ3v) is 7.20. The number of nitrogens with one attached hydrogen (secondary N) is 2. The molecule has 0 saturated heterocycles. The maximum absolute atomic E-state index is 9.82. The zero-order valence-corrected chi connectivity index (χ0v) is 20.3. The molecule has 6 rings (SSSR count). The van der Waals surface area contributed by atoms with E-state index in [0.717, 1.165) is 60.3 Å². The summed E-state index contributed by atoms with van der Waals surface area (Å²) < 4.78 is 6.07. The van der Waals surface area contributed by atoms with Crippen LogP contribution in [0.15, 0.2) is 79.6 Å². The fourth-order valence-corrected chi connectivity index (χ4v) is 5.54. The van der Waals surface area contributed by atoms with E-state index < -0.39 is 6.23 Å². The number of anilines is 2. The van der Waals surface area contributed by atoms with Gasteiger partial charge in [-0.05, 0) is 60.0 Å². The number of aryl methyl sites for hydroxylation is 1. The molecule has 7 nitrogen and oxygen atoms in total. The molecule has 5 aromatic rings. The summed E-state index contributed by atoms with van der Waals surface area (Å²) in [5, 5.41) is 17.3. The van der Waals surface area contributed by atoms with Crippen LogP contribution in [0.1, 0.15) is 11.3 Å². The summed E-state index contributed by atoms with van der Waals surface area (Å²) in [7, 11) is 0. The number of ether oxygens (including phenoxy) is 1. The standard InChI is InChI=1S/C28H23N5O2S/c1-3-22(34)33-19-9-7-17(8-10-19)26-24-21-12-11-20(35-23-6-4-5-16(2)32-23)13-18(21)14-29-27-25(24)28(36-26)31-15-30-27/h3-13,15,22,33-34H,1,14H2,2H3,(H,29,30,31). The van der Waals surface area contributed by atoms with E-state index in [9.17, 15) is 5.11 Å². The first-order chi connectivity index (χ1) is 17.6. The van der Waals surface area contributed by atoms with E-state index in [-0.39, 0.29) is 0 Å². The van der Waals surface area contributed by atoms with Gasteiger partial charge in [0.15, 0.2) is 0 Å². The molecule has 0 spiro atoms. The van der Waals surface area contributed by atoms with Crippen molar-refractivity contribution in [3.8, 4) is 33.2 Å². The van der Waals surface area contributed by atoms with Gasteiger partial charge >= 0.3 is 0 Å². The average molecular weight is 494 g/mol. The zero-order chi connectivity index (χ0) is 24.6. The molecule has 2 aromatic carbocycles. The van der Waals surface area contributed by atoms with Gasteiger partial charge < -0.3 is 20.5 Å². The van der Waals surface area contributed by atoms with Gasteiger partial charge in [0, 0.05) is 34.4 Å². The highest BCUT2D eigenvalue weighted by molar-refractivity contribution is 7.22. The molecule has 1 aliphatic heterocycles. The predicted molar refractivity (Wildman–Crippen MR) is 144 cm³/mol. The van der Waals surface area contributed by atoms with Crippen LogP contribution in [0.5, 0.6) is 11.6 Å². The van der Waals surface area contributed by atoms with Gasteiger partial charge in [-0.3, -0.25) is 0 Å². The van der Waals surface area contributed by atoms with Crippen LogP contribution in [0.4, 0.5) is 11.5 Å². The Labute approximate surface area is 212 Å². The molecule has 0 amide bonds. The highest BCUT2D eigenvalue weighted by Gasteiger charge is 2.25. The summed E-state index contributed by atoms with van der Waals surface area (Å²) in [5.41, 5.74) is 6.11. The Bertz CT molecular complexity index is 1600. The first kappa shape index (κ1) is 22.2. The van der Waals surface area contributed by atoms with Gasteiger partial charge in [0.05, 0.1) is 5.39 Å². The number of hydrogen-bond acceptors (Lipinski definition) is 8. The summed E-state index contributed by atoms with van der Waals surface area (Å²) in [6.45, 7) is 6.16. The van der Waals surface area contributed by atoms with Crippen LogP contribution >= 0.6 is 11.3 Å². The lowest BCUT2D eigenvalue weighted by atomic mass is 9.96. The molecule has 0 radical (unpaired) electrons. The maximum atomic E-state index is 9.82. The van der Waals surface area contributed by atoms with Crippen LogP contribution in [0.25, 0.3) is 31.8 Å². The lowest BCUT2D eigenvalue weighted by Gasteiger charge is -2.13. The summed E-state index contributed by atoms with van der Waals surface area (Å²) >= 11 is 1.64. The molecule has 1 atom stereocenters. The van der Waals surface area contributed by atoms with Gasteiger partial charge in [-0.25, -0.2) is 15.0 Å². The number of aromatic nitrogens is 3. The molecule has 3 aromatic heterocycles. The average Bonchev–Trinajstić information content (AvgIpc) is 3.19. The second kappa shape index (κ2) is 9.07. The van der Waals surface area contributed by atoms with Crippen LogP contribution in [-0.4, -0.2) is 26.3 Å². The first-order valence-corrected chi connectivity index (χ1v) is 12.3. The molecule has 178 valence electrons. The van der Waals surface area contributed by atoms with Crippen molar-refractivity contribution in [1.82, 2.24) is 15.0 Å². The summed E-state index contributed by atoms with van der Waals surface area (Å²) in [6.07, 6.45) is 2.25. The molecule has 1 unspecified atom stereocenters. The van der Waals surface area contributed by atoms with E-state index in [0.29, 0.717) is 12.4 Å². The number of hydrogen-bond donors (Lipinski definition) is 3. The highest BCUT2D eigenvalue weighted by atomic mass is 32.1. The number of pyridine rings is 1. The second-order valence-electron chi connectivity index (χ2n) is 8.50. The monoisotopic (exact) mass is 493 g/mol. The van der Waals surface area contributed by atoms with E-state index in [2.05, 4.69) is 44.3 Å². The van der Waals surface area contributed by atoms with Gasteiger partial charge in [0.25, 0.3) is 0 Å². The minimum absolute atomic E-state index is 0.569. The third-order valence-electron chi connectivity index (χ3n) is 6.05. The molecular formula is C28H23N5O2S. The minimum Gasteiger partial charge on any atom is -0.439 e. The Morgan fingerprint density at radius 2 is 2.00 bits per heavy atom. The molecule has 36 heavy (non-hydrogen) atoms. The van der Waals surface area contributed by atoms with E-state index in [1.807, 2.05) is 55.5 Å². The molecule has 1 aliphatic rings. The van der Waals surface area contributed by atoms with Gasteiger partial charge in [0.2, 0.25) is 5.88 Å². The molecule has 4 heterocycles. The topological polar surface area (TPSA) is 92.2 Å². The largest absolute Gasteiger partial charge is 0.439 e. The number of aliphatic hydroxyl groups is 1. The summed E-state index contributed by atoms with van der Waals surface area (Å²) in [6, 6.07) is 19.9. The molecule has 8 heteroatoms. The fraction of sp³-hybridized carbons (Fsp3) is 0.107. The number of fused-ring (bicyclic) bond motifs is 2. The van der Waals surface area contributed by atoms with Crippen LogP contribution in [0, 0.1) is 6.92 Å². The maximum Gasteiger partial charge on any atom is 0.219 e. The summed E-state index contributed by atoms with van der Waals surface area (Å²) in [4.78, 5) is 15.6. The Morgan fingerprint density at radius 1 is 1.14 bits per heavy atom. The smallest absolute Gasteiger partial charge is 0.219 e. The van der Waals surface area contributed by atoms with Crippen molar-refractivity contribution >= 4 is 33.1 Å². The van der Waals surface area contributed by atoms with Crippen molar-refractivity contribution in [2.75, 3.05) is 10.6 Å². The van der Waals surface area contributed by atoms with Crippen molar-refractivity contribution in [2.24, 2.45) is 0 Å². The van der Waals surface area contributed by atoms with Crippen molar-refractivity contribution in [3.05, 3.63) is 90.9 Å². The van der Waals surface area contributed by atoms with E-state index in [4.69, 9.17) is 4.74 Å². The molecule has 0 fully saturated rings. The Balaban J connectivity index is 1.44. The molecule has 0 saturated carbocycles. The zero-order valence-electron chi connectivity index (χ0n) is 19.5. The van der Waals surface area contributed by atoms with Crippen LogP contribution in [-0.2, 0) is 6.54 Å². The third kappa shape index (κ3) is 4.06. The number of thiophene rings is 1. The lowest BCUT2D eigenvalue weighted by molar-refractivity contribution is 0.253. The fourth-order valence-electron chi connectivity index (χ4n) is 4.37. The Morgan fingerprint density at radius 3 is 2.81 bits per heavy atom. The van der Waals surface area contributed by atoms with Gasteiger partial charge in [-0.15, -0.1) is 11.3 Å². The highest BCUT2D eigenvalue weighted by Crippen LogP contribution is 2.49. The number of benzene rings is 2. The van der Waals surface area contributed by atoms with Crippen LogP contribution in [0.3, 0.4) is 0 Å². The molecule has 0 aliphatic carbocycles. The molecule has 0 bridgehead atoms.